The molecule has 0 unspecified atom stereocenters. The Morgan fingerprint density at radius 3 is 0.348 bits per heavy atom. The van der Waals surface area contributed by atoms with E-state index in [0.717, 1.165) is 0 Å². The van der Waals surface area contributed by atoms with Gasteiger partial charge in [-0.15, -0.1) is 0 Å². The molecule has 18 N–H and O–H groups in total. The third-order valence-corrected chi connectivity index (χ3v) is 0. The normalized spacial score (nSPS) is 4.17. The Kier molecular flexibility index (Phi) is 287. The van der Waals surface area contributed by atoms with E-state index in [1.54, 1.807) is 0 Å². The standard InChI is InChI=1S/Ir.4NO3.6H3N/c;4*2-1(3)4;;;;;;/h;;;;;6*1H3/q+4;4*-1;;;;;;. The molecule has 0 aromatic rings. The number of rotatable bonds is 0. The second-order valence-electron chi connectivity index (χ2n) is 0.894. The summed E-state index contributed by atoms with van der Waals surface area (Å²) in [5, 5.41) is 59.0. The van der Waals surface area contributed by atoms with Gasteiger partial charge >= 0.3 is 20.1 Å². The van der Waals surface area contributed by atoms with Crippen LogP contribution >= 0.6 is 0 Å². The molecule has 0 saturated heterocycles. The fraction of sp³-hybridized carbons (Fsp3) is 0. The van der Waals surface area contributed by atoms with Crippen LogP contribution in [0.4, 0.5) is 0 Å². The van der Waals surface area contributed by atoms with Gasteiger partial charge in [0.1, 0.15) is 0 Å². The Bertz CT molecular complexity index is 168. The van der Waals surface area contributed by atoms with Gasteiger partial charge in [-0.1, -0.05) is 0 Å². The Morgan fingerprint density at radius 1 is 0.348 bits per heavy atom. The van der Waals surface area contributed by atoms with Crippen LogP contribution in [0.15, 0.2) is 0 Å². The maximum absolute atomic E-state index is 8.25. The van der Waals surface area contributed by atoms with Gasteiger partial charge in [0.2, 0.25) is 0 Å². The zero-order chi connectivity index (χ0) is 14.3. The molecule has 23 heavy (non-hydrogen) atoms. The van der Waals surface area contributed by atoms with E-state index in [1.807, 2.05) is 0 Å². The summed E-state index contributed by atoms with van der Waals surface area (Å²) in [6.07, 6.45) is 0. The Morgan fingerprint density at radius 2 is 0.348 bits per heavy atom. The minimum absolute atomic E-state index is 0. The first-order chi connectivity index (χ1) is 6.93. The maximum Gasteiger partial charge on any atom is 4.00 e. The van der Waals surface area contributed by atoms with Gasteiger partial charge in [-0.2, -0.15) is 0 Å². The van der Waals surface area contributed by atoms with Crippen molar-refractivity contribution in [3.8, 4) is 0 Å². The summed E-state index contributed by atoms with van der Waals surface area (Å²) in [5.74, 6) is 0. The predicted molar refractivity (Wildman–Crippen MR) is 71.6 cm³/mol. The van der Waals surface area contributed by atoms with Crippen LogP contribution in [0.25, 0.3) is 0 Å². The number of hydrogen-bond acceptors (Lipinski definition) is 18. The van der Waals surface area contributed by atoms with Gasteiger partial charge < -0.3 is 98.2 Å². The van der Waals surface area contributed by atoms with Gasteiger partial charge in [-0.3, -0.25) is 0 Å². The van der Waals surface area contributed by atoms with Crippen LogP contribution in [0.1, 0.15) is 0 Å². The van der Waals surface area contributed by atoms with Crippen molar-refractivity contribution < 1.29 is 40.5 Å². The summed E-state index contributed by atoms with van der Waals surface area (Å²) >= 11 is 0. The third kappa shape index (κ3) is 731. The fourth-order valence-corrected chi connectivity index (χ4v) is 0. The Hall–Kier alpha value is -2.79. The zero-order valence-electron chi connectivity index (χ0n) is 11.3. The number of hydrogen-bond donors (Lipinski definition) is 6. The van der Waals surface area contributed by atoms with E-state index in [4.69, 9.17) is 61.3 Å². The zero-order valence-corrected chi connectivity index (χ0v) is 13.7. The molecule has 149 valence electrons. The molecule has 0 aromatic heterocycles. The van der Waals surface area contributed by atoms with Crippen molar-refractivity contribution >= 4 is 0 Å². The summed E-state index contributed by atoms with van der Waals surface area (Å²) in [6.45, 7) is 0. The first-order valence-electron chi connectivity index (χ1n) is 2.19. The van der Waals surface area contributed by atoms with Crippen LogP contribution in [0.5, 0.6) is 0 Å². The average molecular weight is 542 g/mol. The van der Waals surface area contributed by atoms with Crippen molar-refractivity contribution in [3.05, 3.63) is 61.3 Å². The smallest absolute Gasteiger partial charge is 0.356 e. The molecule has 0 fully saturated rings. The van der Waals surface area contributed by atoms with Gasteiger partial charge in [0.25, 0.3) is 0 Å². The Balaban J connectivity index is -0.00000000842. The van der Waals surface area contributed by atoms with Crippen LogP contribution in [0.2, 0.25) is 0 Å². The molecular weight excluding hydrogens is 524 g/mol. The second kappa shape index (κ2) is 75.1. The van der Waals surface area contributed by atoms with E-state index in [1.165, 1.54) is 0 Å². The van der Waals surface area contributed by atoms with Crippen LogP contribution in [-0.2, 0) is 20.1 Å². The molecule has 0 aromatic carbocycles. The molecule has 0 aliphatic rings. The molecule has 0 spiro atoms. The summed E-state index contributed by atoms with van der Waals surface area (Å²) in [6, 6.07) is 0. The average Bonchev–Trinajstić information content (AvgIpc) is 1.76. The van der Waals surface area contributed by atoms with Crippen molar-refractivity contribution in [1.29, 1.82) is 0 Å². The van der Waals surface area contributed by atoms with Gasteiger partial charge in [0.05, 0.1) is 20.3 Å². The molecule has 0 bridgehead atoms. The molecule has 0 aliphatic heterocycles. The predicted octanol–water partition coefficient (Wildman–Crippen LogP) is 0.0131. The second-order valence-corrected chi connectivity index (χ2v) is 0.894. The van der Waals surface area contributed by atoms with E-state index in [-0.39, 0.29) is 57.0 Å². The van der Waals surface area contributed by atoms with Gasteiger partial charge in [0, 0.05) is 0 Å². The largest absolute Gasteiger partial charge is 4.00 e. The SMILES string of the molecule is N.N.N.N.N.N.O=[N+]([O-])[O-].O=[N+]([O-])[O-].O=[N+]([O-])[O-].O=[N+]([O-])[O-].[Ir+4]. The molecule has 1 radical (unpaired) electrons. The van der Waals surface area contributed by atoms with Crippen molar-refractivity contribution in [2.45, 2.75) is 0 Å². The van der Waals surface area contributed by atoms with Crippen molar-refractivity contribution in [2.24, 2.45) is 0 Å². The quantitative estimate of drug-likeness (QED) is 0.173. The van der Waals surface area contributed by atoms with Gasteiger partial charge in [-0.25, -0.2) is 0 Å². The van der Waals surface area contributed by atoms with E-state index in [9.17, 15) is 0 Å². The maximum atomic E-state index is 8.25. The van der Waals surface area contributed by atoms with Crippen LogP contribution in [-0.4, -0.2) is 20.3 Å². The van der Waals surface area contributed by atoms with Crippen molar-refractivity contribution in [1.82, 2.24) is 36.9 Å². The first kappa shape index (κ1) is 87.9. The van der Waals surface area contributed by atoms with Crippen molar-refractivity contribution in [3.63, 3.8) is 0 Å². The summed E-state index contributed by atoms with van der Waals surface area (Å²) in [7, 11) is 0. The Labute approximate surface area is 139 Å². The fourth-order valence-electron chi connectivity index (χ4n) is 0. The van der Waals surface area contributed by atoms with Gasteiger partial charge in [-0.05, 0) is 0 Å². The molecule has 0 atom stereocenters. The van der Waals surface area contributed by atoms with Crippen molar-refractivity contribution in [2.75, 3.05) is 0 Å². The molecular formula is H18IrN10O12. The molecule has 0 heterocycles. The van der Waals surface area contributed by atoms with Crippen LogP contribution in [0, 0.1) is 61.3 Å². The van der Waals surface area contributed by atoms with Crippen LogP contribution < -0.4 is 36.9 Å². The van der Waals surface area contributed by atoms with E-state index in [2.05, 4.69) is 0 Å². The molecule has 0 rings (SSSR count). The van der Waals surface area contributed by atoms with E-state index >= 15 is 0 Å². The van der Waals surface area contributed by atoms with Gasteiger partial charge in [0.15, 0.2) is 0 Å². The summed E-state index contributed by atoms with van der Waals surface area (Å²) in [5.41, 5.74) is 0. The molecule has 23 heteroatoms. The molecule has 0 aliphatic carbocycles. The molecule has 0 amide bonds. The topological polar surface area (TPSA) is 475 Å². The first-order valence-corrected chi connectivity index (χ1v) is 2.19. The summed E-state index contributed by atoms with van der Waals surface area (Å²) in [4.78, 5) is 33.0. The van der Waals surface area contributed by atoms with Crippen LogP contribution in [0.3, 0.4) is 0 Å². The summed E-state index contributed by atoms with van der Waals surface area (Å²) < 4.78 is 0. The molecule has 22 nitrogen and oxygen atoms in total. The monoisotopic (exact) mass is 543 g/mol. The van der Waals surface area contributed by atoms with E-state index in [0.29, 0.717) is 0 Å². The number of nitrogens with zero attached hydrogens (tertiary/aromatic N) is 4. The minimum Gasteiger partial charge on any atom is -0.356 e. The van der Waals surface area contributed by atoms with E-state index < -0.39 is 20.3 Å². The molecule has 0 saturated carbocycles. The third-order valence-electron chi connectivity index (χ3n) is 0. The minimum atomic E-state index is -1.75.